The fraction of sp³-hybridized carbons (Fsp3) is 0.263. The highest BCUT2D eigenvalue weighted by Gasteiger charge is 2.10. The Hall–Kier alpha value is -2.60. The van der Waals surface area contributed by atoms with Gasteiger partial charge in [0.15, 0.2) is 0 Å². The highest BCUT2D eigenvalue weighted by atomic mass is 35.5. The minimum atomic E-state index is -0.528. The number of hydrogen-bond donors (Lipinski definition) is 3. The van der Waals surface area contributed by atoms with Crippen LogP contribution < -0.4 is 16.0 Å². The molecule has 2 rings (SSSR count). The second-order valence-corrected chi connectivity index (χ2v) is 6.49. The number of aryl methyl sites for hydroxylation is 3. The molecule has 0 aliphatic carbocycles. The Morgan fingerprint density at radius 3 is 2.27 bits per heavy atom. The zero-order valence-corrected chi connectivity index (χ0v) is 15.6. The second-order valence-electron chi connectivity index (χ2n) is 6.08. The van der Waals surface area contributed by atoms with Crippen molar-refractivity contribution in [3.05, 3.63) is 57.9 Å². The van der Waals surface area contributed by atoms with Crippen molar-refractivity contribution >= 4 is 34.8 Å². The molecule has 0 saturated carbocycles. The van der Waals surface area contributed by atoms with Crippen LogP contribution in [0.5, 0.6) is 0 Å². The van der Waals surface area contributed by atoms with Gasteiger partial charge in [0, 0.05) is 11.4 Å². The van der Waals surface area contributed by atoms with Gasteiger partial charge in [-0.25, -0.2) is 4.39 Å². The van der Waals surface area contributed by atoms with E-state index in [0.717, 1.165) is 22.4 Å². The Kier molecular flexibility index (Phi) is 6.58. The van der Waals surface area contributed by atoms with Crippen LogP contribution in [0.25, 0.3) is 0 Å². The molecule has 2 amide bonds. The monoisotopic (exact) mass is 377 g/mol. The molecule has 7 heteroatoms. The summed E-state index contributed by atoms with van der Waals surface area (Å²) in [6, 6.07) is 8.05. The summed E-state index contributed by atoms with van der Waals surface area (Å²) >= 11 is 5.68. The Labute approximate surface area is 156 Å². The average molecular weight is 378 g/mol. The van der Waals surface area contributed by atoms with Gasteiger partial charge in [-0.15, -0.1) is 0 Å². The first kappa shape index (κ1) is 19.7. The minimum absolute atomic E-state index is 0.0291. The number of benzene rings is 2. The highest BCUT2D eigenvalue weighted by Crippen LogP contribution is 2.21. The number of anilines is 2. The summed E-state index contributed by atoms with van der Waals surface area (Å²) in [5.41, 5.74) is 4.34. The molecule has 138 valence electrons. The topological polar surface area (TPSA) is 70.2 Å². The molecule has 26 heavy (non-hydrogen) atoms. The van der Waals surface area contributed by atoms with Crippen molar-refractivity contribution in [3.8, 4) is 0 Å². The lowest BCUT2D eigenvalue weighted by Crippen LogP contribution is -2.36. The average Bonchev–Trinajstić information content (AvgIpc) is 2.57. The molecule has 0 heterocycles. The van der Waals surface area contributed by atoms with Gasteiger partial charge in [0.2, 0.25) is 11.8 Å². The van der Waals surface area contributed by atoms with Gasteiger partial charge in [-0.1, -0.05) is 29.3 Å². The number of carbonyl (C=O) groups is 2. The summed E-state index contributed by atoms with van der Waals surface area (Å²) < 4.78 is 13.1. The van der Waals surface area contributed by atoms with E-state index in [4.69, 9.17) is 11.6 Å². The number of rotatable bonds is 6. The van der Waals surface area contributed by atoms with E-state index in [1.54, 1.807) is 0 Å². The summed E-state index contributed by atoms with van der Waals surface area (Å²) in [5, 5.41) is 8.13. The Bertz CT molecular complexity index is 817. The summed E-state index contributed by atoms with van der Waals surface area (Å²) in [7, 11) is 0. The number of hydrogen-bond acceptors (Lipinski definition) is 3. The molecule has 0 aliphatic heterocycles. The van der Waals surface area contributed by atoms with Gasteiger partial charge in [-0.2, -0.15) is 0 Å². The maximum absolute atomic E-state index is 13.1. The van der Waals surface area contributed by atoms with Gasteiger partial charge in [0.05, 0.1) is 18.1 Å². The van der Waals surface area contributed by atoms with E-state index < -0.39 is 5.82 Å². The zero-order valence-electron chi connectivity index (χ0n) is 14.9. The third kappa shape index (κ3) is 5.46. The van der Waals surface area contributed by atoms with Gasteiger partial charge in [-0.05, 0) is 50.1 Å². The van der Waals surface area contributed by atoms with Crippen LogP contribution in [0.2, 0.25) is 5.02 Å². The summed E-state index contributed by atoms with van der Waals surface area (Å²) in [6.45, 7) is 5.64. The molecule has 0 radical (unpaired) electrons. The second kappa shape index (κ2) is 8.67. The lowest BCUT2D eigenvalue weighted by atomic mass is 10.1. The van der Waals surface area contributed by atoms with Crippen LogP contribution in [-0.2, 0) is 9.59 Å². The quantitative estimate of drug-likeness (QED) is 0.720. The lowest BCUT2D eigenvalue weighted by Gasteiger charge is -2.13. The predicted molar refractivity (Wildman–Crippen MR) is 102 cm³/mol. The van der Waals surface area contributed by atoms with Crippen molar-refractivity contribution in [2.75, 3.05) is 23.7 Å². The van der Waals surface area contributed by atoms with E-state index in [0.29, 0.717) is 5.69 Å². The Morgan fingerprint density at radius 2 is 1.65 bits per heavy atom. The summed E-state index contributed by atoms with van der Waals surface area (Å²) in [6.07, 6.45) is 0. The molecule has 5 nitrogen and oxygen atoms in total. The normalized spacial score (nSPS) is 10.3. The van der Waals surface area contributed by atoms with Crippen molar-refractivity contribution in [1.82, 2.24) is 5.32 Å². The highest BCUT2D eigenvalue weighted by molar-refractivity contribution is 6.31. The maximum atomic E-state index is 13.1. The molecule has 0 saturated heterocycles. The predicted octanol–water partition coefficient (Wildman–Crippen LogP) is 3.57. The van der Waals surface area contributed by atoms with E-state index in [-0.39, 0.29) is 29.9 Å². The Balaban J connectivity index is 1.81. The first-order chi connectivity index (χ1) is 12.3. The zero-order chi connectivity index (χ0) is 19.3. The first-order valence-electron chi connectivity index (χ1n) is 8.09. The smallest absolute Gasteiger partial charge is 0.243 e. The van der Waals surface area contributed by atoms with Crippen LogP contribution in [0.4, 0.5) is 15.8 Å². The molecular formula is C19H21ClFN3O2. The van der Waals surface area contributed by atoms with Gasteiger partial charge in [0.1, 0.15) is 5.82 Å². The number of amides is 2. The van der Waals surface area contributed by atoms with Crippen molar-refractivity contribution in [1.29, 1.82) is 0 Å². The van der Waals surface area contributed by atoms with Crippen LogP contribution in [0, 0.1) is 26.6 Å². The van der Waals surface area contributed by atoms with Crippen molar-refractivity contribution in [3.63, 3.8) is 0 Å². The Morgan fingerprint density at radius 1 is 1.00 bits per heavy atom. The van der Waals surface area contributed by atoms with Crippen molar-refractivity contribution in [2.24, 2.45) is 0 Å². The van der Waals surface area contributed by atoms with E-state index in [2.05, 4.69) is 16.0 Å². The largest absolute Gasteiger partial charge is 0.376 e. The maximum Gasteiger partial charge on any atom is 0.243 e. The van der Waals surface area contributed by atoms with Gasteiger partial charge in [-0.3, -0.25) is 9.59 Å². The third-order valence-corrected chi connectivity index (χ3v) is 4.05. The molecule has 0 aliphatic rings. The van der Waals surface area contributed by atoms with E-state index in [1.807, 2.05) is 32.9 Å². The molecular weight excluding hydrogens is 357 g/mol. The SMILES string of the molecule is Cc1cc(C)c(NC(=O)CNC(=O)CNc2ccc(F)c(Cl)c2)c(C)c1. The fourth-order valence-corrected chi connectivity index (χ4v) is 2.77. The fourth-order valence-electron chi connectivity index (χ4n) is 2.59. The molecule has 0 aromatic heterocycles. The standard InChI is InChI=1S/C19H21ClFN3O2/c1-11-6-12(2)19(13(3)7-11)24-18(26)10-23-17(25)9-22-14-4-5-16(21)15(20)8-14/h4-8,22H,9-10H2,1-3H3,(H,23,25)(H,24,26). The molecule has 0 spiro atoms. The number of halogens is 2. The molecule has 2 aromatic carbocycles. The van der Waals surface area contributed by atoms with Crippen molar-refractivity contribution < 1.29 is 14.0 Å². The van der Waals surface area contributed by atoms with Crippen LogP contribution in [0.15, 0.2) is 30.3 Å². The molecule has 2 aromatic rings. The van der Waals surface area contributed by atoms with Crippen LogP contribution in [0.1, 0.15) is 16.7 Å². The molecule has 3 N–H and O–H groups in total. The van der Waals surface area contributed by atoms with E-state index in [9.17, 15) is 14.0 Å². The van der Waals surface area contributed by atoms with Crippen LogP contribution in [0.3, 0.4) is 0 Å². The number of nitrogens with one attached hydrogen (secondary N) is 3. The molecule has 0 fully saturated rings. The number of carbonyl (C=O) groups excluding carboxylic acids is 2. The van der Waals surface area contributed by atoms with Crippen LogP contribution in [-0.4, -0.2) is 24.9 Å². The third-order valence-electron chi connectivity index (χ3n) is 3.76. The van der Waals surface area contributed by atoms with Crippen molar-refractivity contribution in [2.45, 2.75) is 20.8 Å². The van der Waals surface area contributed by atoms with Gasteiger partial charge < -0.3 is 16.0 Å². The minimum Gasteiger partial charge on any atom is -0.376 e. The first-order valence-corrected chi connectivity index (χ1v) is 8.47. The molecule has 0 unspecified atom stereocenters. The lowest BCUT2D eigenvalue weighted by molar-refractivity contribution is -0.122. The summed E-state index contributed by atoms with van der Waals surface area (Å²) in [5.74, 6) is -1.20. The van der Waals surface area contributed by atoms with Gasteiger partial charge in [0.25, 0.3) is 0 Å². The van der Waals surface area contributed by atoms with E-state index >= 15 is 0 Å². The molecule has 0 atom stereocenters. The van der Waals surface area contributed by atoms with Gasteiger partial charge >= 0.3 is 0 Å². The molecule has 0 bridgehead atoms. The van der Waals surface area contributed by atoms with E-state index in [1.165, 1.54) is 18.2 Å². The van der Waals surface area contributed by atoms with Crippen LogP contribution >= 0.6 is 11.6 Å². The summed E-state index contributed by atoms with van der Waals surface area (Å²) in [4.78, 5) is 23.9.